The van der Waals surface area contributed by atoms with E-state index in [0.29, 0.717) is 30.9 Å². The number of aliphatic hydroxyl groups excluding tert-OH is 1. The van der Waals surface area contributed by atoms with Crippen LogP contribution in [0, 0.1) is 0 Å². The molecule has 256 valence electrons. The molecule has 1 aliphatic heterocycles. The Hall–Kier alpha value is -3.25. The molecule has 5 N–H and O–H groups in total. The number of phenols is 2. The smallest absolute Gasteiger partial charge is 0.168 e. The Morgan fingerprint density at radius 3 is 2.56 bits per heavy atom. The second kappa shape index (κ2) is 17.4. The molecule has 2 unspecified atom stereocenters. The number of methoxy groups -OCH3 is 1. The number of hydrogen-bond donors (Lipinski definition) is 5. The minimum absolute atomic E-state index is 0.0379. The molecule has 4 aromatic rings. The van der Waals surface area contributed by atoms with Crippen LogP contribution in [-0.4, -0.2) is 54.2 Å². The van der Waals surface area contributed by atoms with E-state index in [1.54, 1.807) is 36.1 Å². The van der Waals surface area contributed by atoms with Crippen LogP contribution in [-0.2, 0) is 34.9 Å². The van der Waals surface area contributed by atoms with Gasteiger partial charge in [-0.1, -0.05) is 64.4 Å². The molecule has 2 atom stereocenters. The maximum Gasteiger partial charge on any atom is 0.168 e. The number of ether oxygens (including phenoxy) is 2. The average molecular weight is 691 g/mol. The molecule has 1 aliphatic rings. The number of aromatic hydroxyl groups is 2. The second-order valence-corrected chi connectivity index (χ2v) is 14.7. The molecule has 5 rings (SSSR count). The number of benzene rings is 4. The Kier molecular flexibility index (Phi) is 13.1. The minimum atomic E-state index is -0.425. The van der Waals surface area contributed by atoms with Crippen molar-refractivity contribution in [1.82, 2.24) is 10.6 Å². The number of aliphatic hydroxyl groups is 1. The summed E-state index contributed by atoms with van der Waals surface area (Å²) in [6, 6.07) is 19.0. The number of fused-ring (bicyclic) bond motifs is 5. The van der Waals surface area contributed by atoms with Crippen LogP contribution in [0.2, 0.25) is 0 Å². The van der Waals surface area contributed by atoms with Gasteiger partial charge in [0.15, 0.2) is 11.5 Å². The van der Waals surface area contributed by atoms with E-state index in [1.165, 1.54) is 0 Å². The number of rotatable bonds is 8. The summed E-state index contributed by atoms with van der Waals surface area (Å²) in [5.41, 5.74) is 6.45. The monoisotopic (exact) mass is 690 g/mol. The number of carbonyl (C=O) groups is 1. The van der Waals surface area contributed by atoms with Crippen LogP contribution < -0.4 is 15.4 Å². The van der Waals surface area contributed by atoms with Crippen molar-refractivity contribution in [3.05, 3.63) is 88.5 Å². The summed E-state index contributed by atoms with van der Waals surface area (Å²) in [5.74, 6) is 2.35. The predicted molar refractivity (Wildman–Crippen MR) is 197 cm³/mol. The van der Waals surface area contributed by atoms with Gasteiger partial charge in [-0.05, 0) is 102 Å². The quantitative estimate of drug-likeness (QED) is 0.0945. The van der Waals surface area contributed by atoms with Crippen LogP contribution in [0.3, 0.4) is 0 Å². The maximum absolute atomic E-state index is 13.6. The highest BCUT2D eigenvalue weighted by molar-refractivity contribution is 8.76. The lowest BCUT2D eigenvalue weighted by molar-refractivity contribution is -0.124. The van der Waals surface area contributed by atoms with Crippen molar-refractivity contribution in [3.63, 3.8) is 0 Å². The maximum atomic E-state index is 13.6. The van der Waals surface area contributed by atoms with E-state index < -0.39 is 6.23 Å². The van der Waals surface area contributed by atoms with Gasteiger partial charge in [0.05, 0.1) is 19.8 Å². The van der Waals surface area contributed by atoms with E-state index in [-0.39, 0.29) is 36.4 Å². The van der Waals surface area contributed by atoms with Crippen molar-refractivity contribution >= 4 is 38.1 Å². The first-order valence-corrected chi connectivity index (χ1v) is 18.9. The number of carbonyl (C=O) groups excluding carboxylic acids is 1. The Labute approximate surface area is 291 Å². The molecule has 0 radical (unpaired) electrons. The van der Waals surface area contributed by atoms with E-state index in [1.807, 2.05) is 61.3 Å². The van der Waals surface area contributed by atoms with Gasteiger partial charge in [-0.3, -0.25) is 10.1 Å². The summed E-state index contributed by atoms with van der Waals surface area (Å²) >= 11 is 0. The van der Waals surface area contributed by atoms with Crippen molar-refractivity contribution < 1.29 is 29.6 Å². The Morgan fingerprint density at radius 2 is 1.79 bits per heavy atom. The fourth-order valence-electron chi connectivity index (χ4n) is 6.45. The molecule has 0 amide bonds. The van der Waals surface area contributed by atoms with Gasteiger partial charge >= 0.3 is 0 Å². The van der Waals surface area contributed by atoms with Crippen LogP contribution in [0.1, 0.15) is 66.1 Å². The number of ketones is 1. The fraction of sp³-hybridized carbons (Fsp3) is 0.395. The summed E-state index contributed by atoms with van der Waals surface area (Å²) in [7, 11) is 8.86. The van der Waals surface area contributed by atoms with Gasteiger partial charge in [0.1, 0.15) is 17.8 Å². The topological polar surface area (TPSA) is 120 Å². The minimum Gasteiger partial charge on any atom is -0.508 e. The molecule has 0 spiro atoms. The van der Waals surface area contributed by atoms with E-state index >= 15 is 0 Å². The first-order valence-electron chi connectivity index (χ1n) is 16.5. The zero-order valence-corrected chi connectivity index (χ0v) is 29.5. The molecular formula is C38H46N2O6S2. The SMILES string of the molecule is CNCc1ccc(C(NC)OC2CCCCSSCc3c(ccc4ccc(O)cc34)-c3c(ccc(O)c3OC)CCC(=O)C2)cc1CO. The van der Waals surface area contributed by atoms with Crippen molar-refractivity contribution in [2.75, 3.05) is 27.0 Å². The van der Waals surface area contributed by atoms with Gasteiger partial charge in [0.25, 0.3) is 0 Å². The summed E-state index contributed by atoms with van der Waals surface area (Å²) in [6.45, 7) is 0.598. The molecule has 48 heavy (non-hydrogen) atoms. The van der Waals surface area contributed by atoms with Gasteiger partial charge < -0.3 is 30.1 Å². The molecule has 0 bridgehead atoms. The lowest BCUT2D eigenvalue weighted by atomic mass is 9.89. The van der Waals surface area contributed by atoms with E-state index in [9.17, 15) is 20.1 Å². The largest absolute Gasteiger partial charge is 0.508 e. The number of hydrogen-bond acceptors (Lipinski definition) is 10. The van der Waals surface area contributed by atoms with Crippen LogP contribution in [0.4, 0.5) is 0 Å². The summed E-state index contributed by atoms with van der Waals surface area (Å²) < 4.78 is 12.4. The van der Waals surface area contributed by atoms with Crippen LogP contribution in [0.5, 0.6) is 17.2 Å². The van der Waals surface area contributed by atoms with Crippen LogP contribution in [0.15, 0.2) is 60.7 Å². The number of phenolic OH excluding ortho intramolecular Hbond substituents is 2. The molecule has 8 nitrogen and oxygen atoms in total. The van der Waals surface area contributed by atoms with Gasteiger partial charge in [-0.2, -0.15) is 0 Å². The summed E-state index contributed by atoms with van der Waals surface area (Å²) in [5, 5.41) is 39.7. The van der Waals surface area contributed by atoms with Gasteiger partial charge in [0, 0.05) is 36.5 Å². The zero-order valence-electron chi connectivity index (χ0n) is 27.9. The zero-order chi connectivity index (χ0) is 34.0. The van der Waals surface area contributed by atoms with E-state index in [0.717, 1.165) is 74.7 Å². The molecule has 0 aromatic heterocycles. The van der Waals surface area contributed by atoms with Crippen molar-refractivity contribution in [2.24, 2.45) is 0 Å². The molecule has 0 fully saturated rings. The first-order chi connectivity index (χ1) is 23.4. The molecule has 10 heteroatoms. The van der Waals surface area contributed by atoms with Gasteiger partial charge in [0.2, 0.25) is 0 Å². The molecule has 1 heterocycles. The Bertz CT molecular complexity index is 1710. The highest BCUT2D eigenvalue weighted by Crippen LogP contribution is 2.45. The molecule has 0 saturated heterocycles. The number of Topliss-reactive ketones (excluding diaryl/α,β-unsaturated/α-hetero) is 1. The Balaban J connectivity index is 1.45. The first kappa shape index (κ1) is 36.0. The second-order valence-electron chi connectivity index (χ2n) is 12.1. The summed E-state index contributed by atoms with van der Waals surface area (Å²) in [4.78, 5) is 13.6. The highest BCUT2D eigenvalue weighted by atomic mass is 33.1. The van der Waals surface area contributed by atoms with Gasteiger partial charge in [-0.25, -0.2) is 0 Å². The number of nitrogens with one attached hydrogen (secondary N) is 2. The third-order valence-corrected chi connectivity index (χ3v) is 11.3. The van der Waals surface area contributed by atoms with E-state index in [2.05, 4.69) is 16.7 Å². The number of aryl methyl sites for hydroxylation is 1. The van der Waals surface area contributed by atoms with Crippen LogP contribution >= 0.6 is 21.6 Å². The third-order valence-electron chi connectivity index (χ3n) is 8.89. The lowest BCUT2D eigenvalue weighted by Crippen LogP contribution is -2.28. The van der Waals surface area contributed by atoms with Crippen molar-refractivity contribution in [3.8, 4) is 28.4 Å². The molecular weight excluding hydrogens is 645 g/mol. The van der Waals surface area contributed by atoms with E-state index in [4.69, 9.17) is 9.47 Å². The molecule has 0 saturated carbocycles. The summed E-state index contributed by atoms with van der Waals surface area (Å²) in [6.07, 6.45) is 3.04. The molecule has 0 aliphatic carbocycles. The van der Waals surface area contributed by atoms with Gasteiger partial charge in [-0.15, -0.1) is 0 Å². The fourth-order valence-corrected chi connectivity index (χ4v) is 8.71. The third kappa shape index (κ3) is 8.66. The molecule has 4 aromatic carbocycles. The highest BCUT2D eigenvalue weighted by Gasteiger charge is 2.24. The van der Waals surface area contributed by atoms with Crippen LogP contribution in [0.25, 0.3) is 21.9 Å². The Morgan fingerprint density at radius 1 is 0.958 bits per heavy atom. The van der Waals surface area contributed by atoms with Crippen molar-refractivity contribution in [1.29, 1.82) is 0 Å². The van der Waals surface area contributed by atoms with Crippen molar-refractivity contribution in [2.45, 2.75) is 69.8 Å². The standard InChI is InChI=1S/C38H46N2O6S2/c1-39-21-27-8-7-26(18-28(27)22-41)38(40-2)46-31-6-4-5-17-47-48-23-34-32(15-11-24-9-13-30(43)20-33(24)34)36-25(10-14-29(42)19-31)12-16-35(44)37(36)45-3/h7-9,11-13,15-16,18,20,31,38-41,43-44H,4-6,10,14,17,19,21-23H2,1-3H3. The predicted octanol–water partition coefficient (Wildman–Crippen LogP) is 7.40. The normalized spacial score (nSPS) is 17.1. The lowest BCUT2D eigenvalue weighted by Gasteiger charge is -2.26. The average Bonchev–Trinajstić information content (AvgIpc) is 3.09.